The SMILES string of the molecule is COC(=O)C1=C(C)NC(=O)NC1C=Cc1ccccc1OC. The maximum atomic E-state index is 11.9. The third-order valence-electron chi connectivity index (χ3n) is 3.32. The predicted molar refractivity (Wildman–Crippen MR) is 82.2 cm³/mol. The molecule has 22 heavy (non-hydrogen) atoms. The van der Waals surface area contributed by atoms with Gasteiger partial charge in [0, 0.05) is 11.3 Å². The summed E-state index contributed by atoms with van der Waals surface area (Å²) in [5, 5.41) is 5.25. The topological polar surface area (TPSA) is 76.7 Å². The number of benzene rings is 1. The van der Waals surface area contributed by atoms with Crippen LogP contribution in [0.25, 0.3) is 6.08 Å². The maximum absolute atomic E-state index is 11.9. The van der Waals surface area contributed by atoms with Gasteiger partial charge in [0.2, 0.25) is 0 Å². The van der Waals surface area contributed by atoms with Gasteiger partial charge in [-0.3, -0.25) is 0 Å². The second kappa shape index (κ2) is 6.80. The zero-order valence-corrected chi connectivity index (χ0v) is 12.7. The molecule has 2 N–H and O–H groups in total. The van der Waals surface area contributed by atoms with Crippen LogP contribution < -0.4 is 15.4 Å². The van der Waals surface area contributed by atoms with Gasteiger partial charge in [0.1, 0.15) is 5.75 Å². The predicted octanol–water partition coefficient (Wildman–Crippen LogP) is 1.84. The molecule has 1 aromatic carbocycles. The van der Waals surface area contributed by atoms with Crippen molar-refractivity contribution >= 4 is 18.1 Å². The third-order valence-corrected chi connectivity index (χ3v) is 3.32. The zero-order chi connectivity index (χ0) is 16.1. The van der Waals surface area contributed by atoms with E-state index in [1.54, 1.807) is 26.2 Å². The van der Waals surface area contributed by atoms with Crippen molar-refractivity contribution < 1.29 is 19.1 Å². The van der Waals surface area contributed by atoms with Crippen molar-refractivity contribution in [2.75, 3.05) is 14.2 Å². The van der Waals surface area contributed by atoms with E-state index >= 15 is 0 Å². The molecule has 0 fully saturated rings. The van der Waals surface area contributed by atoms with Gasteiger partial charge >= 0.3 is 12.0 Å². The number of carbonyl (C=O) groups excluding carboxylic acids is 2. The Morgan fingerprint density at radius 1 is 1.27 bits per heavy atom. The quantitative estimate of drug-likeness (QED) is 0.832. The van der Waals surface area contributed by atoms with Crippen LogP contribution >= 0.6 is 0 Å². The fourth-order valence-electron chi connectivity index (χ4n) is 2.26. The molecule has 0 spiro atoms. The first-order chi connectivity index (χ1) is 10.6. The van der Waals surface area contributed by atoms with Crippen LogP contribution in [0, 0.1) is 0 Å². The van der Waals surface area contributed by atoms with Crippen molar-refractivity contribution in [2.45, 2.75) is 13.0 Å². The Balaban J connectivity index is 2.33. The number of methoxy groups -OCH3 is 2. The largest absolute Gasteiger partial charge is 0.496 e. The smallest absolute Gasteiger partial charge is 0.337 e. The van der Waals surface area contributed by atoms with Gasteiger partial charge in [0.15, 0.2) is 0 Å². The molecule has 6 nitrogen and oxygen atoms in total. The molecule has 1 aliphatic rings. The molecule has 0 aromatic heterocycles. The molecular formula is C16H18N2O4. The molecule has 0 bridgehead atoms. The summed E-state index contributed by atoms with van der Waals surface area (Å²) in [5.41, 5.74) is 1.69. The molecule has 0 saturated heterocycles. The van der Waals surface area contributed by atoms with Gasteiger partial charge in [-0.05, 0) is 13.0 Å². The summed E-state index contributed by atoms with van der Waals surface area (Å²) < 4.78 is 10.0. The van der Waals surface area contributed by atoms with Gasteiger partial charge < -0.3 is 20.1 Å². The van der Waals surface area contributed by atoms with Crippen LogP contribution in [-0.2, 0) is 9.53 Å². The average Bonchev–Trinajstić information content (AvgIpc) is 2.52. The number of para-hydroxylation sites is 1. The zero-order valence-electron chi connectivity index (χ0n) is 12.7. The number of hydrogen-bond donors (Lipinski definition) is 2. The number of allylic oxidation sites excluding steroid dienone is 1. The summed E-state index contributed by atoms with van der Waals surface area (Å²) in [6, 6.07) is 6.54. The summed E-state index contributed by atoms with van der Waals surface area (Å²) in [6.07, 6.45) is 3.53. The Morgan fingerprint density at radius 3 is 2.68 bits per heavy atom. The van der Waals surface area contributed by atoms with Crippen LogP contribution in [0.5, 0.6) is 5.75 Å². The van der Waals surface area contributed by atoms with Gasteiger partial charge in [-0.25, -0.2) is 9.59 Å². The van der Waals surface area contributed by atoms with E-state index in [1.165, 1.54) is 7.11 Å². The monoisotopic (exact) mass is 302 g/mol. The van der Waals surface area contributed by atoms with Crippen LogP contribution in [0.15, 0.2) is 41.6 Å². The second-order valence-corrected chi connectivity index (χ2v) is 4.71. The van der Waals surface area contributed by atoms with Crippen LogP contribution in [0.2, 0.25) is 0 Å². The summed E-state index contributed by atoms with van der Waals surface area (Å²) in [5.74, 6) is 0.221. The van der Waals surface area contributed by atoms with Crippen molar-refractivity contribution in [3.8, 4) is 5.75 Å². The molecule has 2 amide bonds. The van der Waals surface area contributed by atoms with E-state index in [-0.39, 0.29) is 6.03 Å². The molecule has 1 heterocycles. The summed E-state index contributed by atoms with van der Waals surface area (Å²) in [6.45, 7) is 1.66. The lowest BCUT2D eigenvalue weighted by atomic mass is 10.0. The highest BCUT2D eigenvalue weighted by Gasteiger charge is 2.28. The van der Waals surface area contributed by atoms with E-state index in [0.29, 0.717) is 17.0 Å². The molecule has 1 aromatic rings. The van der Waals surface area contributed by atoms with Gasteiger partial charge in [0.05, 0.1) is 25.8 Å². The number of hydrogen-bond acceptors (Lipinski definition) is 4. The lowest BCUT2D eigenvalue weighted by molar-refractivity contribution is -0.136. The number of esters is 1. The number of carbonyl (C=O) groups is 2. The van der Waals surface area contributed by atoms with Gasteiger partial charge in [-0.2, -0.15) is 0 Å². The molecule has 0 aliphatic carbocycles. The van der Waals surface area contributed by atoms with E-state index in [0.717, 1.165) is 5.56 Å². The van der Waals surface area contributed by atoms with E-state index < -0.39 is 12.0 Å². The Bertz CT molecular complexity index is 649. The molecule has 0 radical (unpaired) electrons. The Kier molecular flexibility index (Phi) is 4.83. The first-order valence-electron chi connectivity index (χ1n) is 6.74. The Morgan fingerprint density at radius 2 is 2.00 bits per heavy atom. The molecule has 1 atom stereocenters. The Labute approximate surface area is 128 Å². The highest BCUT2D eigenvalue weighted by atomic mass is 16.5. The highest BCUT2D eigenvalue weighted by Crippen LogP contribution is 2.21. The second-order valence-electron chi connectivity index (χ2n) is 4.71. The minimum Gasteiger partial charge on any atom is -0.496 e. The number of amides is 2. The van der Waals surface area contributed by atoms with Gasteiger partial charge in [-0.1, -0.05) is 30.4 Å². The molecule has 2 rings (SSSR count). The number of ether oxygens (including phenoxy) is 2. The Hall–Kier alpha value is -2.76. The van der Waals surface area contributed by atoms with Crippen LogP contribution in [0.1, 0.15) is 12.5 Å². The molecular weight excluding hydrogens is 284 g/mol. The number of nitrogens with one attached hydrogen (secondary N) is 2. The van der Waals surface area contributed by atoms with Crippen molar-refractivity contribution in [3.05, 3.63) is 47.2 Å². The maximum Gasteiger partial charge on any atom is 0.337 e. The third kappa shape index (κ3) is 3.28. The van der Waals surface area contributed by atoms with Crippen LogP contribution in [0.3, 0.4) is 0 Å². The number of rotatable bonds is 4. The standard InChI is InChI=1S/C16H18N2O4/c1-10-14(15(19)22-3)12(18-16(20)17-10)9-8-11-6-4-5-7-13(11)21-2/h4-9,12H,1-3H3,(H2,17,18,20). The summed E-state index contributed by atoms with van der Waals surface area (Å²) in [4.78, 5) is 23.5. The van der Waals surface area contributed by atoms with Crippen molar-refractivity contribution in [1.82, 2.24) is 10.6 Å². The average molecular weight is 302 g/mol. The van der Waals surface area contributed by atoms with Gasteiger partial charge in [-0.15, -0.1) is 0 Å². The molecule has 6 heteroatoms. The molecule has 116 valence electrons. The number of urea groups is 1. The summed E-state index contributed by atoms with van der Waals surface area (Å²) >= 11 is 0. The lowest BCUT2D eigenvalue weighted by Crippen LogP contribution is -2.49. The van der Waals surface area contributed by atoms with Crippen molar-refractivity contribution in [2.24, 2.45) is 0 Å². The fourth-order valence-corrected chi connectivity index (χ4v) is 2.26. The lowest BCUT2D eigenvalue weighted by Gasteiger charge is -2.25. The van der Waals surface area contributed by atoms with E-state index in [4.69, 9.17) is 9.47 Å². The first kappa shape index (κ1) is 15.6. The van der Waals surface area contributed by atoms with E-state index in [2.05, 4.69) is 10.6 Å². The summed E-state index contributed by atoms with van der Waals surface area (Å²) in [7, 11) is 2.89. The van der Waals surface area contributed by atoms with Crippen molar-refractivity contribution in [3.63, 3.8) is 0 Å². The highest BCUT2D eigenvalue weighted by molar-refractivity contribution is 5.95. The fraction of sp³-hybridized carbons (Fsp3) is 0.250. The molecule has 1 unspecified atom stereocenters. The van der Waals surface area contributed by atoms with E-state index in [9.17, 15) is 9.59 Å². The van der Waals surface area contributed by atoms with E-state index in [1.807, 2.05) is 24.3 Å². The van der Waals surface area contributed by atoms with Crippen LogP contribution in [-0.4, -0.2) is 32.3 Å². The minimum absolute atomic E-state index is 0.361. The first-order valence-corrected chi connectivity index (χ1v) is 6.74. The van der Waals surface area contributed by atoms with Crippen LogP contribution in [0.4, 0.5) is 4.79 Å². The van der Waals surface area contributed by atoms with Gasteiger partial charge in [0.25, 0.3) is 0 Å². The molecule has 0 saturated carbocycles. The van der Waals surface area contributed by atoms with Crippen molar-refractivity contribution in [1.29, 1.82) is 0 Å². The minimum atomic E-state index is -0.564. The molecule has 1 aliphatic heterocycles. The normalized spacial score (nSPS) is 18.0.